The van der Waals surface area contributed by atoms with Gasteiger partial charge in [-0.2, -0.15) is 0 Å². The van der Waals surface area contributed by atoms with Gasteiger partial charge >= 0.3 is 5.97 Å². The van der Waals surface area contributed by atoms with Gasteiger partial charge in [-0.1, -0.05) is 0 Å². The van der Waals surface area contributed by atoms with E-state index in [1.165, 1.54) is 0 Å². The number of carbonyl (C=O) groups excluding carboxylic acids is 3. The zero-order valence-corrected chi connectivity index (χ0v) is 5.99. The molecule has 1 aliphatic rings. The van der Waals surface area contributed by atoms with Crippen molar-refractivity contribution in [3.8, 4) is 0 Å². The summed E-state index contributed by atoms with van der Waals surface area (Å²) >= 11 is 0. The molecule has 0 aromatic heterocycles. The van der Waals surface area contributed by atoms with Crippen LogP contribution in [0.2, 0.25) is 0 Å². The Labute approximate surface area is 67.4 Å². The normalized spacial score (nSPS) is 15.6. The van der Waals surface area contributed by atoms with Crippen LogP contribution in [0.5, 0.6) is 0 Å². The van der Waals surface area contributed by atoms with E-state index in [1.807, 2.05) is 5.32 Å². The van der Waals surface area contributed by atoms with Crippen molar-refractivity contribution in [3.05, 3.63) is 11.8 Å². The SMILES string of the molecule is NCC(=O)OC1=CC(=O)NC1=O. The summed E-state index contributed by atoms with van der Waals surface area (Å²) in [7, 11) is 0. The van der Waals surface area contributed by atoms with E-state index < -0.39 is 17.8 Å². The molecule has 0 radical (unpaired) electrons. The number of carbonyl (C=O) groups is 3. The molecule has 0 saturated carbocycles. The predicted octanol–water partition coefficient (Wildman–Crippen LogP) is -1.97. The predicted molar refractivity (Wildman–Crippen MR) is 36.4 cm³/mol. The van der Waals surface area contributed by atoms with E-state index in [-0.39, 0.29) is 12.3 Å². The van der Waals surface area contributed by atoms with Crippen LogP contribution < -0.4 is 11.1 Å². The first-order valence-electron chi connectivity index (χ1n) is 3.11. The molecule has 0 aromatic carbocycles. The van der Waals surface area contributed by atoms with Crippen molar-refractivity contribution in [1.82, 2.24) is 5.32 Å². The molecule has 12 heavy (non-hydrogen) atoms. The number of hydrogen-bond donors (Lipinski definition) is 2. The third-order valence-electron chi connectivity index (χ3n) is 1.11. The number of hydrogen-bond acceptors (Lipinski definition) is 5. The summed E-state index contributed by atoms with van der Waals surface area (Å²) in [5, 5.41) is 1.91. The zero-order chi connectivity index (χ0) is 9.14. The van der Waals surface area contributed by atoms with Crippen LogP contribution in [0.4, 0.5) is 0 Å². The molecule has 0 aromatic rings. The maximum absolute atomic E-state index is 10.7. The van der Waals surface area contributed by atoms with Crippen molar-refractivity contribution in [3.63, 3.8) is 0 Å². The van der Waals surface area contributed by atoms with Gasteiger partial charge in [0.25, 0.3) is 11.8 Å². The fourth-order valence-corrected chi connectivity index (χ4v) is 0.634. The molecular formula is C6H6N2O4. The maximum atomic E-state index is 10.7. The molecular weight excluding hydrogens is 164 g/mol. The first-order chi connectivity index (χ1) is 5.63. The topological polar surface area (TPSA) is 98.5 Å². The van der Waals surface area contributed by atoms with E-state index in [0.29, 0.717) is 0 Å². The van der Waals surface area contributed by atoms with Crippen molar-refractivity contribution in [2.45, 2.75) is 0 Å². The second-order valence-corrected chi connectivity index (χ2v) is 2.01. The average molecular weight is 170 g/mol. The van der Waals surface area contributed by atoms with E-state index in [9.17, 15) is 14.4 Å². The van der Waals surface area contributed by atoms with Crippen molar-refractivity contribution < 1.29 is 19.1 Å². The molecule has 0 fully saturated rings. The summed E-state index contributed by atoms with van der Waals surface area (Å²) in [6, 6.07) is 0. The second kappa shape index (κ2) is 3.14. The van der Waals surface area contributed by atoms with Crippen LogP contribution in [-0.2, 0) is 19.1 Å². The van der Waals surface area contributed by atoms with Crippen LogP contribution in [0.3, 0.4) is 0 Å². The molecule has 3 N–H and O–H groups in total. The molecule has 6 heteroatoms. The second-order valence-electron chi connectivity index (χ2n) is 2.01. The molecule has 0 spiro atoms. The number of amides is 2. The Morgan fingerprint density at radius 1 is 1.58 bits per heavy atom. The van der Waals surface area contributed by atoms with E-state index in [0.717, 1.165) is 6.08 Å². The maximum Gasteiger partial charge on any atom is 0.325 e. The van der Waals surface area contributed by atoms with Crippen LogP contribution in [0, 0.1) is 0 Å². The van der Waals surface area contributed by atoms with E-state index >= 15 is 0 Å². The molecule has 1 heterocycles. The Hall–Kier alpha value is -1.69. The molecule has 1 rings (SSSR count). The van der Waals surface area contributed by atoms with Crippen LogP contribution in [-0.4, -0.2) is 24.3 Å². The first-order valence-corrected chi connectivity index (χ1v) is 3.11. The number of rotatable bonds is 2. The minimum atomic E-state index is -0.758. The quantitative estimate of drug-likeness (QED) is 0.370. The molecule has 1 aliphatic heterocycles. The lowest BCUT2D eigenvalue weighted by molar-refractivity contribution is -0.141. The molecule has 0 atom stereocenters. The number of nitrogens with two attached hydrogens (primary N) is 1. The van der Waals surface area contributed by atoms with Gasteiger partial charge in [0.05, 0.1) is 12.6 Å². The first kappa shape index (κ1) is 8.41. The van der Waals surface area contributed by atoms with Crippen LogP contribution in [0.15, 0.2) is 11.8 Å². The van der Waals surface area contributed by atoms with E-state index in [1.54, 1.807) is 0 Å². The number of esters is 1. The summed E-state index contributed by atoms with van der Waals surface area (Å²) in [5.41, 5.74) is 4.91. The van der Waals surface area contributed by atoms with Gasteiger partial charge in [-0.3, -0.25) is 19.7 Å². The van der Waals surface area contributed by atoms with Crippen molar-refractivity contribution >= 4 is 17.8 Å². The highest BCUT2D eigenvalue weighted by atomic mass is 16.5. The molecule has 2 amide bonds. The summed E-state index contributed by atoms with van der Waals surface area (Å²) < 4.78 is 4.41. The Morgan fingerprint density at radius 3 is 2.67 bits per heavy atom. The Kier molecular flexibility index (Phi) is 2.20. The highest BCUT2D eigenvalue weighted by molar-refractivity contribution is 6.15. The van der Waals surface area contributed by atoms with Crippen molar-refractivity contribution in [1.29, 1.82) is 0 Å². The number of imide groups is 1. The fraction of sp³-hybridized carbons (Fsp3) is 0.167. The molecule has 0 aliphatic carbocycles. The third-order valence-corrected chi connectivity index (χ3v) is 1.11. The zero-order valence-electron chi connectivity index (χ0n) is 5.99. The minimum absolute atomic E-state index is 0.310. The van der Waals surface area contributed by atoms with Crippen molar-refractivity contribution in [2.75, 3.05) is 6.54 Å². The molecule has 0 saturated heterocycles. The standard InChI is InChI=1S/C6H6N2O4/c7-2-5(10)12-3-1-4(9)8-6(3)11/h1H,2,7H2,(H,8,9,11). The average Bonchev–Trinajstić information content (AvgIpc) is 2.30. The summed E-state index contributed by atoms with van der Waals surface area (Å²) in [4.78, 5) is 31.8. The van der Waals surface area contributed by atoms with Crippen LogP contribution in [0.1, 0.15) is 0 Å². The highest BCUT2D eigenvalue weighted by Crippen LogP contribution is 2.03. The van der Waals surface area contributed by atoms with Gasteiger partial charge in [0.1, 0.15) is 0 Å². The van der Waals surface area contributed by atoms with Gasteiger partial charge in [0.15, 0.2) is 0 Å². The lowest BCUT2D eigenvalue weighted by Gasteiger charge is -1.98. The van der Waals surface area contributed by atoms with Gasteiger partial charge in [-0.05, 0) is 0 Å². The fourth-order valence-electron chi connectivity index (χ4n) is 0.634. The van der Waals surface area contributed by atoms with Crippen molar-refractivity contribution in [2.24, 2.45) is 5.73 Å². The molecule has 0 unspecified atom stereocenters. The Balaban J connectivity index is 2.64. The van der Waals surface area contributed by atoms with Crippen LogP contribution >= 0.6 is 0 Å². The smallest absolute Gasteiger partial charge is 0.325 e. The van der Waals surface area contributed by atoms with E-state index in [2.05, 4.69) is 4.74 Å². The lowest BCUT2D eigenvalue weighted by atomic mass is 10.5. The van der Waals surface area contributed by atoms with Gasteiger partial charge in [-0.15, -0.1) is 0 Å². The van der Waals surface area contributed by atoms with Gasteiger partial charge in [-0.25, -0.2) is 0 Å². The summed E-state index contributed by atoms with van der Waals surface area (Å²) in [6.07, 6.45) is 0.899. The third kappa shape index (κ3) is 1.67. The Morgan fingerprint density at radius 2 is 2.25 bits per heavy atom. The highest BCUT2D eigenvalue weighted by Gasteiger charge is 2.23. The van der Waals surface area contributed by atoms with Crippen LogP contribution in [0.25, 0.3) is 0 Å². The van der Waals surface area contributed by atoms with E-state index in [4.69, 9.17) is 5.73 Å². The van der Waals surface area contributed by atoms with Gasteiger partial charge < -0.3 is 10.5 Å². The Bertz CT molecular complexity index is 281. The number of nitrogens with one attached hydrogen (secondary N) is 1. The van der Waals surface area contributed by atoms with Gasteiger partial charge in [0.2, 0.25) is 5.76 Å². The van der Waals surface area contributed by atoms with Gasteiger partial charge in [0, 0.05) is 0 Å². The lowest BCUT2D eigenvalue weighted by Crippen LogP contribution is -2.25. The monoisotopic (exact) mass is 170 g/mol. The summed E-state index contributed by atoms with van der Waals surface area (Å²) in [5.74, 6) is -2.39. The number of ether oxygens (including phenoxy) is 1. The largest absolute Gasteiger partial charge is 0.419 e. The molecule has 6 nitrogen and oxygen atoms in total. The minimum Gasteiger partial charge on any atom is -0.419 e. The molecule has 64 valence electrons. The summed E-state index contributed by atoms with van der Waals surface area (Å²) in [6.45, 7) is -0.335. The molecule has 0 bridgehead atoms.